The highest BCUT2D eigenvalue weighted by atomic mass is 16.5. The lowest BCUT2D eigenvalue weighted by Gasteiger charge is -2.26. The molecule has 1 N–H and O–H groups in total. The van der Waals surface area contributed by atoms with Crippen LogP contribution >= 0.6 is 0 Å². The summed E-state index contributed by atoms with van der Waals surface area (Å²) < 4.78 is 16.7. The van der Waals surface area contributed by atoms with Crippen LogP contribution < -0.4 is 15.0 Å². The number of nitrogens with one attached hydrogen (secondary N) is 1. The van der Waals surface area contributed by atoms with E-state index in [0.717, 1.165) is 35.7 Å². The number of morpholine rings is 1. The minimum Gasteiger partial charge on any atom is -0.489 e. The first kappa shape index (κ1) is 20.0. The van der Waals surface area contributed by atoms with Crippen molar-refractivity contribution in [3.05, 3.63) is 78.5 Å². The van der Waals surface area contributed by atoms with Gasteiger partial charge in [0.1, 0.15) is 23.9 Å². The topological polar surface area (TPSA) is 85.5 Å². The third-order valence-corrected chi connectivity index (χ3v) is 5.10. The predicted molar refractivity (Wildman–Crippen MR) is 121 cm³/mol. The van der Waals surface area contributed by atoms with Gasteiger partial charge < -0.3 is 24.2 Å². The SMILES string of the molecule is c1ccc(COc2ccc(-c3cc(Nc4ccnc(N5CCOCC5)n4)on3)cc2)cc1. The summed E-state index contributed by atoms with van der Waals surface area (Å²) in [6.07, 6.45) is 1.73. The summed E-state index contributed by atoms with van der Waals surface area (Å²) in [4.78, 5) is 11.0. The fourth-order valence-electron chi connectivity index (χ4n) is 3.39. The van der Waals surface area contributed by atoms with Crippen LogP contribution in [0.25, 0.3) is 11.3 Å². The van der Waals surface area contributed by atoms with Gasteiger partial charge in [-0.2, -0.15) is 4.98 Å². The van der Waals surface area contributed by atoms with Gasteiger partial charge >= 0.3 is 0 Å². The van der Waals surface area contributed by atoms with Gasteiger partial charge in [0.2, 0.25) is 11.8 Å². The third-order valence-electron chi connectivity index (χ3n) is 5.10. The second-order valence-electron chi connectivity index (χ2n) is 7.34. The van der Waals surface area contributed by atoms with Crippen molar-refractivity contribution in [1.82, 2.24) is 15.1 Å². The summed E-state index contributed by atoms with van der Waals surface area (Å²) in [7, 11) is 0. The number of anilines is 3. The summed E-state index contributed by atoms with van der Waals surface area (Å²) in [6, 6.07) is 21.5. The molecular weight excluding hydrogens is 406 g/mol. The van der Waals surface area contributed by atoms with Crippen molar-refractivity contribution in [2.75, 3.05) is 36.5 Å². The van der Waals surface area contributed by atoms with Crippen molar-refractivity contribution >= 4 is 17.7 Å². The van der Waals surface area contributed by atoms with E-state index in [1.807, 2.05) is 60.7 Å². The minimum atomic E-state index is 0.510. The number of nitrogens with zero attached hydrogens (tertiary/aromatic N) is 4. The minimum absolute atomic E-state index is 0.510. The Labute approximate surface area is 185 Å². The molecule has 0 unspecified atom stereocenters. The van der Waals surface area contributed by atoms with Gasteiger partial charge in [0, 0.05) is 30.9 Å². The summed E-state index contributed by atoms with van der Waals surface area (Å²) in [5.74, 6) is 2.63. The van der Waals surface area contributed by atoms with Crippen molar-refractivity contribution in [2.24, 2.45) is 0 Å². The van der Waals surface area contributed by atoms with Crippen molar-refractivity contribution < 1.29 is 14.0 Å². The van der Waals surface area contributed by atoms with Crippen LogP contribution in [0.5, 0.6) is 5.75 Å². The molecule has 0 spiro atoms. The number of hydrogen-bond donors (Lipinski definition) is 1. The molecule has 162 valence electrons. The summed E-state index contributed by atoms with van der Waals surface area (Å²) in [5.41, 5.74) is 2.79. The van der Waals surface area contributed by atoms with Crippen molar-refractivity contribution in [3.63, 3.8) is 0 Å². The monoisotopic (exact) mass is 429 g/mol. The fraction of sp³-hybridized carbons (Fsp3) is 0.208. The van der Waals surface area contributed by atoms with Crippen molar-refractivity contribution in [3.8, 4) is 17.0 Å². The van der Waals surface area contributed by atoms with Gasteiger partial charge in [-0.05, 0) is 35.9 Å². The zero-order valence-electron chi connectivity index (χ0n) is 17.5. The number of aromatic nitrogens is 3. The maximum atomic E-state index is 5.85. The van der Waals surface area contributed by atoms with Gasteiger partial charge in [0.15, 0.2) is 0 Å². The molecule has 0 aliphatic carbocycles. The Morgan fingerprint density at radius 3 is 2.59 bits per heavy atom. The lowest BCUT2D eigenvalue weighted by molar-refractivity contribution is 0.122. The standard InChI is InChI=1S/C24H23N5O3/c1-2-4-18(5-3-1)17-31-20-8-6-19(7-9-20)21-16-23(32-28-21)26-22-10-11-25-24(27-22)29-12-14-30-15-13-29/h1-11,16H,12-15,17H2,(H,25,26,27). The fourth-order valence-corrected chi connectivity index (χ4v) is 3.39. The first-order valence-electron chi connectivity index (χ1n) is 10.5. The average molecular weight is 429 g/mol. The van der Waals surface area contributed by atoms with Crippen LogP contribution in [0.1, 0.15) is 5.56 Å². The Morgan fingerprint density at radius 1 is 0.969 bits per heavy atom. The van der Waals surface area contributed by atoms with Gasteiger partial charge in [0.25, 0.3) is 0 Å². The van der Waals surface area contributed by atoms with E-state index in [0.29, 0.717) is 37.5 Å². The van der Waals surface area contributed by atoms with Gasteiger partial charge in [-0.3, -0.25) is 0 Å². The van der Waals surface area contributed by atoms with E-state index in [1.54, 1.807) is 12.3 Å². The van der Waals surface area contributed by atoms with E-state index in [1.165, 1.54) is 0 Å². The molecule has 0 radical (unpaired) electrons. The molecule has 1 fully saturated rings. The predicted octanol–water partition coefficient (Wildman–Crippen LogP) is 4.29. The number of ether oxygens (including phenoxy) is 2. The molecule has 1 saturated heterocycles. The molecule has 5 rings (SSSR count). The van der Waals surface area contributed by atoms with Crippen LogP contribution in [-0.4, -0.2) is 41.4 Å². The summed E-state index contributed by atoms with van der Waals surface area (Å²) in [5, 5.41) is 7.33. The molecular formula is C24H23N5O3. The summed E-state index contributed by atoms with van der Waals surface area (Å²) in [6.45, 7) is 3.46. The van der Waals surface area contributed by atoms with Gasteiger partial charge in [-0.15, -0.1) is 0 Å². The second-order valence-corrected chi connectivity index (χ2v) is 7.34. The van der Waals surface area contributed by atoms with E-state index in [9.17, 15) is 0 Å². The van der Waals surface area contributed by atoms with Gasteiger partial charge in [0.05, 0.1) is 13.2 Å². The van der Waals surface area contributed by atoms with Gasteiger partial charge in [-0.1, -0.05) is 35.5 Å². The molecule has 2 aromatic heterocycles. The molecule has 1 aliphatic rings. The highest BCUT2D eigenvalue weighted by Gasteiger charge is 2.15. The third kappa shape index (κ3) is 4.87. The van der Waals surface area contributed by atoms with Crippen LogP contribution in [0, 0.1) is 0 Å². The van der Waals surface area contributed by atoms with Crippen LogP contribution in [0.15, 0.2) is 77.4 Å². The van der Waals surface area contributed by atoms with Gasteiger partial charge in [-0.25, -0.2) is 4.98 Å². The first-order valence-corrected chi connectivity index (χ1v) is 10.5. The first-order chi connectivity index (χ1) is 15.8. The Kier molecular flexibility index (Phi) is 5.93. The van der Waals surface area contributed by atoms with Crippen LogP contribution in [-0.2, 0) is 11.3 Å². The van der Waals surface area contributed by atoms with E-state index < -0.39 is 0 Å². The zero-order valence-corrected chi connectivity index (χ0v) is 17.5. The molecule has 32 heavy (non-hydrogen) atoms. The average Bonchev–Trinajstić information content (AvgIpc) is 3.33. The maximum absolute atomic E-state index is 5.85. The van der Waals surface area contributed by atoms with E-state index in [-0.39, 0.29) is 0 Å². The summed E-state index contributed by atoms with van der Waals surface area (Å²) >= 11 is 0. The van der Waals surface area contributed by atoms with Crippen molar-refractivity contribution in [2.45, 2.75) is 6.61 Å². The Hall–Kier alpha value is -3.91. The van der Waals surface area contributed by atoms with E-state index in [4.69, 9.17) is 14.0 Å². The van der Waals surface area contributed by atoms with Crippen molar-refractivity contribution in [1.29, 1.82) is 0 Å². The highest BCUT2D eigenvalue weighted by molar-refractivity contribution is 5.64. The van der Waals surface area contributed by atoms with E-state index >= 15 is 0 Å². The molecule has 0 amide bonds. The second kappa shape index (κ2) is 9.49. The van der Waals surface area contributed by atoms with Crippen LogP contribution in [0.3, 0.4) is 0 Å². The largest absolute Gasteiger partial charge is 0.489 e. The van der Waals surface area contributed by atoms with Crippen LogP contribution in [0.4, 0.5) is 17.7 Å². The maximum Gasteiger partial charge on any atom is 0.230 e. The van der Waals surface area contributed by atoms with Crippen LogP contribution in [0.2, 0.25) is 0 Å². The quantitative estimate of drug-likeness (QED) is 0.466. The molecule has 8 nitrogen and oxygen atoms in total. The molecule has 3 heterocycles. The van der Waals surface area contributed by atoms with E-state index in [2.05, 4.69) is 25.3 Å². The Balaban J connectivity index is 1.22. The molecule has 0 saturated carbocycles. The molecule has 4 aromatic rings. The molecule has 2 aromatic carbocycles. The number of benzene rings is 2. The molecule has 1 aliphatic heterocycles. The lowest BCUT2D eigenvalue weighted by Crippen LogP contribution is -2.37. The normalized spacial score (nSPS) is 13.7. The smallest absolute Gasteiger partial charge is 0.230 e. The molecule has 0 bridgehead atoms. The highest BCUT2D eigenvalue weighted by Crippen LogP contribution is 2.26. The number of hydrogen-bond acceptors (Lipinski definition) is 8. The Morgan fingerprint density at radius 2 is 1.78 bits per heavy atom. The molecule has 8 heteroatoms. The zero-order chi connectivity index (χ0) is 21.6. The molecule has 0 atom stereocenters. The number of rotatable bonds is 7. The lowest BCUT2D eigenvalue weighted by atomic mass is 10.1. The Bertz CT molecular complexity index is 1140.